The van der Waals surface area contributed by atoms with Gasteiger partial charge in [0.2, 0.25) is 10.0 Å². The molecule has 0 aliphatic heterocycles. The molecule has 0 spiro atoms. The summed E-state index contributed by atoms with van der Waals surface area (Å²) in [4.78, 5) is 24.1. The van der Waals surface area contributed by atoms with E-state index in [1.165, 1.54) is 37.7 Å². The Bertz CT molecular complexity index is 1030. The Balaban J connectivity index is 1.82. The van der Waals surface area contributed by atoms with Gasteiger partial charge in [0.05, 0.1) is 4.90 Å². The fourth-order valence-electron chi connectivity index (χ4n) is 4.18. The lowest BCUT2D eigenvalue weighted by atomic mass is 9.93. The Kier molecular flexibility index (Phi) is 7.43. The number of aryl methyl sites for hydroxylation is 1. The molecule has 0 radical (unpaired) electrons. The normalized spacial score (nSPS) is 15.3. The van der Waals surface area contributed by atoms with Gasteiger partial charge in [0.25, 0.3) is 0 Å². The average Bonchev–Trinajstić information content (AvgIpc) is 2.73. The molecule has 168 valence electrons. The number of carbonyl (C=O) groups is 1. The van der Waals surface area contributed by atoms with Crippen LogP contribution in [-0.4, -0.2) is 36.8 Å². The topological polar surface area (TPSA) is 106 Å². The van der Waals surface area contributed by atoms with E-state index in [1.54, 1.807) is 19.1 Å². The van der Waals surface area contributed by atoms with E-state index in [0.717, 1.165) is 30.8 Å². The van der Waals surface area contributed by atoms with Crippen LogP contribution in [0, 0.1) is 12.8 Å². The molecule has 1 aliphatic carbocycles. The van der Waals surface area contributed by atoms with Crippen LogP contribution in [0.5, 0.6) is 0 Å². The number of ketones is 1. The van der Waals surface area contributed by atoms with Crippen LogP contribution in [0.1, 0.15) is 67.6 Å². The number of primary sulfonamides is 1. The highest BCUT2D eigenvalue weighted by Crippen LogP contribution is 2.27. The first-order chi connectivity index (χ1) is 14.6. The number of nitrogens with zero attached hydrogens (tertiary/aromatic N) is 3. The summed E-state index contributed by atoms with van der Waals surface area (Å²) in [6, 6.07) is 6.82. The van der Waals surface area contributed by atoms with Crippen LogP contribution >= 0.6 is 0 Å². The van der Waals surface area contributed by atoms with E-state index in [-0.39, 0.29) is 17.1 Å². The minimum atomic E-state index is -3.77. The fourth-order valence-corrected chi connectivity index (χ4v) is 4.78. The van der Waals surface area contributed by atoms with Crippen molar-refractivity contribution in [1.82, 2.24) is 9.97 Å². The highest BCUT2D eigenvalue weighted by Gasteiger charge is 2.24. The van der Waals surface area contributed by atoms with Crippen LogP contribution in [0.25, 0.3) is 0 Å². The smallest absolute Gasteiger partial charge is 0.238 e. The summed E-state index contributed by atoms with van der Waals surface area (Å²) in [6.07, 6.45) is 7.64. The number of rotatable bonds is 8. The predicted molar refractivity (Wildman–Crippen MR) is 122 cm³/mol. The third-order valence-electron chi connectivity index (χ3n) is 5.80. The standard InChI is InChI=1S/C23H32N4O3S/c1-16(2)14-27(19-7-5-4-6-8-19)23-13-21(25-15-26-23)22(28)12-18-9-10-20(11-17(18)3)31(24,29)30/h9-11,13,15-16,19H,4-8,12,14H2,1-3H3,(H2,24,29,30). The van der Waals surface area contributed by atoms with Gasteiger partial charge in [-0.05, 0) is 48.9 Å². The van der Waals surface area contributed by atoms with Crippen molar-refractivity contribution in [3.8, 4) is 0 Å². The zero-order valence-electron chi connectivity index (χ0n) is 18.5. The minimum absolute atomic E-state index is 0.0438. The summed E-state index contributed by atoms with van der Waals surface area (Å²) in [7, 11) is -3.77. The minimum Gasteiger partial charge on any atom is -0.353 e. The molecule has 2 aromatic rings. The molecule has 1 fully saturated rings. The van der Waals surface area contributed by atoms with Crippen LogP contribution in [0.3, 0.4) is 0 Å². The number of Topliss-reactive ketones (excluding diaryl/α,β-unsaturated/α-hetero) is 1. The molecule has 31 heavy (non-hydrogen) atoms. The number of anilines is 1. The summed E-state index contributed by atoms with van der Waals surface area (Å²) in [6.45, 7) is 7.05. The predicted octanol–water partition coefficient (Wildman–Crippen LogP) is 3.65. The molecule has 8 heteroatoms. The van der Waals surface area contributed by atoms with Crippen molar-refractivity contribution in [2.24, 2.45) is 11.1 Å². The molecular weight excluding hydrogens is 412 g/mol. The van der Waals surface area contributed by atoms with Gasteiger partial charge in [-0.1, -0.05) is 39.2 Å². The highest BCUT2D eigenvalue weighted by molar-refractivity contribution is 7.89. The van der Waals surface area contributed by atoms with Crippen LogP contribution in [0.15, 0.2) is 35.5 Å². The van der Waals surface area contributed by atoms with Gasteiger partial charge in [-0.3, -0.25) is 4.79 Å². The van der Waals surface area contributed by atoms with Gasteiger partial charge in [-0.2, -0.15) is 0 Å². The van der Waals surface area contributed by atoms with Crippen molar-refractivity contribution in [3.05, 3.63) is 47.4 Å². The van der Waals surface area contributed by atoms with Crippen molar-refractivity contribution in [2.75, 3.05) is 11.4 Å². The first kappa shape index (κ1) is 23.3. The number of nitrogens with two attached hydrogens (primary N) is 1. The fraction of sp³-hybridized carbons (Fsp3) is 0.522. The summed E-state index contributed by atoms with van der Waals surface area (Å²) in [5, 5.41) is 5.19. The van der Waals surface area contributed by atoms with Gasteiger partial charge in [0, 0.05) is 25.1 Å². The molecule has 1 aromatic carbocycles. The molecule has 0 saturated heterocycles. The monoisotopic (exact) mass is 444 g/mol. The number of hydrogen-bond acceptors (Lipinski definition) is 6. The molecule has 7 nitrogen and oxygen atoms in total. The lowest BCUT2D eigenvalue weighted by molar-refractivity contribution is 0.0988. The maximum Gasteiger partial charge on any atom is 0.238 e. The van der Waals surface area contributed by atoms with Gasteiger partial charge < -0.3 is 4.90 Å². The first-order valence-electron chi connectivity index (χ1n) is 10.9. The van der Waals surface area contributed by atoms with E-state index in [1.807, 2.05) is 0 Å². The molecule has 1 heterocycles. The molecular formula is C23H32N4O3S. The second-order valence-corrected chi connectivity index (χ2v) is 10.4. The van der Waals surface area contributed by atoms with E-state index in [0.29, 0.717) is 23.2 Å². The zero-order chi connectivity index (χ0) is 22.6. The molecule has 0 atom stereocenters. The SMILES string of the molecule is Cc1cc(S(N)(=O)=O)ccc1CC(=O)c1cc(N(CC(C)C)C2CCCCC2)ncn1. The molecule has 1 aliphatic rings. The van der Waals surface area contributed by atoms with E-state index < -0.39 is 10.0 Å². The van der Waals surface area contributed by atoms with E-state index in [4.69, 9.17) is 5.14 Å². The van der Waals surface area contributed by atoms with Gasteiger partial charge >= 0.3 is 0 Å². The Morgan fingerprint density at radius 1 is 1.16 bits per heavy atom. The van der Waals surface area contributed by atoms with Crippen molar-refractivity contribution in [2.45, 2.75) is 70.2 Å². The average molecular weight is 445 g/mol. The Morgan fingerprint density at radius 2 is 1.87 bits per heavy atom. The number of hydrogen-bond donors (Lipinski definition) is 1. The third-order valence-corrected chi connectivity index (χ3v) is 6.71. The van der Waals surface area contributed by atoms with Crippen molar-refractivity contribution >= 4 is 21.6 Å². The summed E-state index contributed by atoms with van der Waals surface area (Å²) < 4.78 is 23.1. The molecule has 2 N–H and O–H groups in total. The summed E-state index contributed by atoms with van der Waals surface area (Å²) >= 11 is 0. The maximum absolute atomic E-state index is 13.0. The third kappa shape index (κ3) is 6.11. The Hall–Kier alpha value is -2.32. The summed E-state index contributed by atoms with van der Waals surface area (Å²) in [5.41, 5.74) is 1.84. The number of benzene rings is 1. The number of carbonyl (C=O) groups excluding carboxylic acids is 1. The molecule has 0 amide bonds. The van der Waals surface area contributed by atoms with Crippen molar-refractivity contribution < 1.29 is 13.2 Å². The van der Waals surface area contributed by atoms with Gasteiger partial charge in [0.15, 0.2) is 5.78 Å². The van der Waals surface area contributed by atoms with Gasteiger partial charge in [-0.15, -0.1) is 0 Å². The Labute approximate surface area is 185 Å². The van der Waals surface area contributed by atoms with Crippen LogP contribution < -0.4 is 10.0 Å². The van der Waals surface area contributed by atoms with Crippen molar-refractivity contribution in [3.63, 3.8) is 0 Å². The second kappa shape index (κ2) is 9.87. The lowest BCUT2D eigenvalue weighted by Gasteiger charge is -2.36. The molecule has 0 unspecified atom stereocenters. The maximum atomic E-state index is 13.0. The molecule has 1 aromatic heterocycles. The zero-order valence-corrected chi connectivity index (χ0v) is 19.4. The van der Waals surface area contributed by atoms with E-state index >= 15 is 0 Å². The number of sulfonamides is 1. The Morgan fingerprint density at radius 3 is 2.48 bits per heavy atom. The highest BCUT2D eigenvalue weighted by atomic mass is 32.2. The van der Waals surface area contributed by atoms with Gasteiger partial charge in [0.1, 0.15) is 17.8 Å². The van der Waals surface area contributed by atoms with Gasteiger partial charge in [-0.25, -0.2) is 23.5 Å². The molecule has 3 rings (SSSR count). The van der Waals surface area contributed by atoms with Crippen LogP contribution in [0.2, 0.25) is 0 Å². The van der Waals surface area contributed by atoms with Crippen LogP contribution in [0.4, 0.5) is 5.82 Å². The molecule has 0 bridgehead atoms. The van der Waals surface area contributed by atoms with Crippen LogP contribution in [-0.2, 0) is 16.4 Å². The lowest BCUT2D eigenvalue weighted by Crippen LogP contribution is -2.40. The van der Waals surface area contributed by atoms with Crippen molar-refractivity contribution in [1.29, 1.82) is 0 Å². The quantitative estimate of drug-likeness (QED) is 0.623. The number of aromatic nitrogens is 2. The second-order valence-electron chi connectivity index (χ2n) is 8.83. The largest absolute Gasteiger partial charge is 0.353 e. The molecule has 1 saturated carbocycles. The summed E-state index contributed by atoms with van der Waals surface area (Å²) in [5.74, 6) is 1.17. The van der Waals surface area contributed by atoms with E-state index in [9.17, 15) is 13.2 Å². The first-order valence-corrected chi connectivity index (χ1v) is 12.4. The van der Waals surface area contributed by atoms with E-state index in [2.05, 4.69) is 28.7 Å².